The van der Waals surface area contributed by atoms with Crippen molar-refractivity contribution in [1.82, 2.24) is 0 Å². The summed E-state index contributed by atoms with van der Waals surface area (Å²) in [6, 6.07) is 12.4. The first kappa shape index (κ1) is 12.6. The maximum absolute atomic E-state index is 12.9. The van der Waals surface area contributed by atoms with Crippen LogP contribution in [0, 0.1) is 5.82 Å². The van der Waals surface area contributed by atoms with Crippen molar-refractivity contribution in [3.05, 3.63) is 64.9 Å². The molecule has 0 unspecified atom stereocenters. The van der Waals surface area contributed by atoms with Crippen molar-refractivity contribution in [1.29, 1.82) is 0 Å². The molecule has 0 spiro atoms. The Hall–Kier alpha value is -1.87. The number of ketones is 1. The Kier molecular flexibility index (Phi) is 3.95. The van der Waals surface area contributed by atoms with Crippen molar-refractivity contribution in [2.75, 3.05) is 6.61 Å². The van der Waals surface area contributed by atoms with Crippen molar-refractivity contribution in [2.24, 2.45) is 0 Å². The number of carbonyl (C=O) groups excluding carboxylic acids is 1. The number of ether oxygens (including phenoxy) is 1. The van der Waals surface area contributed by atoms with E-state index in [0.29, 0.717) is 16.3 Å². The van der Waals surface area contributed by atoms with Gasteiger partial charge in [0.25, 0.3) is 0 Å². The number of rotatable bonds is 4. The summed E-state index contributed by atoms with van der Waals surface area (Å²) < 4.78 is 18.1. The van der Waals surface area contributed by atoms with Gasteiger partial charge in [0.2, 0.25) is 5.78 Å². The number of hydrogen-bond donors (Lipinski definition) is 0. The van der Waals surface area contributed by atoms with Crippen molar-refractivity contribution in [3.63, 3.8) is 0 Å². The topological polar surface area (TPSA) is 26.3 Å². The van der Waals surface area contributed by atoms with Crippen molar-refractivity contribution in [2.45, 2.75) is 0 Å². The minimum absolute atomic E-state index is 0.173. The Bertz CT molecular complexity index is 569. The fourth-order valence-corrected chi connectivity index (χ4v) is 1.71. The lowest BCUT2D eigenvalue weighted by molar-refractivity contribution is 0.0921. The van der Waals surface area contributed by atoms with Crippen LogP contribution in [0.1, 0.15) is 10.4 Å². The molecule has 0 atom stereocenters. The van der Waals surface area contributed by atoms with E-state index in [1.54, 1.807) is 30.3 Å². The van der Waals surface area contributed by atoms with Crippen molar-refractivity contribution in [3.8, 4) is 5.75 Å². The lowest BCUT2D eigenvalue weighted by Crippen LogP contribution is -2.12. The second-order valence-electron chi connectivity index (χ2n) is 3.65. The second-order valence-corrected chi connectivity index (χ2v) is 4.06. The molecule has 2 nitrogen and oxygen atoms in total. The van der Waals surface area contributed by atoms with Gasteiger partial charge in [0, 0.05) is 11.6 Å². The SMILES string of the molecule is O=C(COc1cccc(F)c1)c1ccccc1Cl. The van der Waals surface area contributed by atoms with Crippen LogP contribution < -0.4 is 4.74 Å². The zero-order chi connectivity index (χ0) is 13.0. The van der Waals surface area contributed by atoms with Crippen molar-refractivity contribution >= 4 is 17.4 Å². The monoisotopic (exact) mass is 264 g/mol. The first-order chi connectivity index (χ1) is 8.66. The number of halogens is 2. The Labute approximate surface area is 109 Å². The summed E-state index contributed by atoms with van der Waals surface area (Å²) in [5, 5.41) is 0.380. The quantitative estimate of drug-likeness (QED) is 0.787. The number of carbonyl (C=O) groups is 1. The molecule has 0 amide bonds. The molecule has 92 valence electrons. The summed E-state index contributed by atoms with van der Waals surface area (Å²) >= 11 is 5.89. The third kappa shape index (κ3) is 3.08. The first-order valence-electron chi connectivity index (χ1n) is 5.33. The van der Waals surface area contributed by atoms with Gasteiger partial charge >= 0.3 is 0 Å². The van der Waals surface area contributed by atoms with Gasteiger partial charge in [-0.1, -0.05) is 29.8 Å². The summed E-state index contributed by atoms with van der Waals surface area (Å²) in [5.74, 6) is -0.335. The van der Waals surface area contributed by atoms with E-state index in [1.807, 2.05) is 0 Å². The van der Waals surface area contributed by atoms with Gasteiger partial charge in [-0.15, -0.1) is 0 Å². The molecule has 0 saturated carbocycles. The van der Waals surface area contributed by atoms with Gasteiger partial charge < -0.3 is 4.74 Å². The Morgan fingerprint density at radius 2 is 1.94 bits per heavy atom. The fourth-order valence-electron chi connectivity index (χ4n) is 1.47. The van der Waals surface area contributed by atoms with Gasteiger partial charge in [0.1, 0.15) is 11.6 Å². The van der Waals surface area contributed by atoms with Crippen LogP contribution in [0.5, 0.6) is 5.75 Å². The molecule has 18 heavy (non-hydrogen) atoms. The molecule has 0 N–H and O–H groups in total. The van der Waals surface area contributed by atoms with Gasteiger partial charge in [-0.25, -0.2) is 4.39 Å². The number of benzene rings is 2. The largest absolute Gasteiger partial charge is 0.485 e. The highest BCUT2D eigenvalue weighted by Crippen LogP contribution is 2.17. The average molecular weight is 265 g/mol. The summed E-state index contributed by atoms with van der Waals surface area (Å²) in [7, 11) is 0. The molecule has 0 aliphatic rings. The highest BCUT2D eigenvalue weighted by atomic mass is 35.5. The van der Waals surface area contributed by atoms with Crippen LogP contribution in [0.25, 0.3) is 0 Å². The normalized spacial score (nSPS) is 10.1. The highest BCUT2D eigenvalue weighted by molar-refractivity contribution is 6.34. The lowest BCUT2D eigenvalue weighted by atomic mass is 10.1. The number of Topliss-reactive ketones (excluding diaryl/α,β-unsaturated/α-hetero) is 1. The standard InChI is InChI=1S/C14H10ClFO2/c15-13-7-2-1-6-12(13)14(17)9-18-11-5-3-4-10(16)8-11/h1-8H,9H2. The Balaban J connectivity index is 2.03. The molecule has 0 aliphatic heterocycles. The predicted molar refractivity (Wildman–Crippen MR) is 67.7 cm³/mol. The molecule has 4 heteroatoms. The van der Waals surface area contributed by atoms with E-state index in [0.717, 1.165) is 0 Å². The summed E-state index contributed by atoms with van der Waals surface area (Å²) in [5.41, 5.74) is 0.399. The lowest BCUT2D eigenvalue weighted by Gasteiger charge is -2.06. The minimum Gasteiger partial charge on any atom is -0.485 e. The van der Waals surface area contributed by atoms with E-state index in [9.17, 15) is 9.18 Å². The summed E-state index contributed by atoms with van der Waals surface area (Å²) in [4.78, 5) is 11.8. The molecule has 2 aromatic carbocycles. The van der Waals surface area contributed by atoms with E-state index in [-0.39, 0.29) is 12.4 Å². The second kappa shape index (κ2) is 5.65. The minimum atomic E-state index is -0.405. The third-order valence-corrected chi connectivity index (χ3v) is 2.67. The van der Waals surface area contributed by atoms with Crippen LogP contribution in [0.4, 0.5) is 4.39 Å². The van der Waals surface area contributed by atoms with Crippen molar-refractivity contribution < 1.29 is 13.9 Å². The molecule has 0 aromatic heterocycles. The van der Waals surface area contributed by atoms with Crippen LogP contribution in [0.2, 0.25) is 5.02 Å². The fraction of sp³-hybridized carbons (Fsp3) is 0.0714. The zero-order valence-electron chi connectivity index (χ0n) is 9.40. The average Bonchev–Trinajstić information content (AvgIpc) is 2.37. The van der Waals surface area contributed by atoms with Gasteiger partial charge in [0.05, 0.1) is 5.02 Å². The Morgan fingerprint density at radius 1 is 1.17 bits per heavy atom. The maximum Gasteiger partial charge on any atom is 0.201 e. The first-order valence-corrected chi connectivity index (χ1v) is 5.71. The highest BCUT2D eigenvalue weighted by Gasteiger charge is 2.10. The van der Waals surface area contributed by atoms with E-state index in [4.69, 9.17) is 16.3 Å². The molecule has 2 rings (SSSR count). The molecular weight excluding hydrogens is 255 g/mol. The smallest absolute Gasteiger partial charge is 0.201 e. The molecule has 2 aromatic rings. The Morgan fingerprint density at radius 3 is 2.67 bits per heavy atom. The zero-order valence-corrected chi connectivity index (χ0v) is 10.2. The van der Waals surface area contributed by atoms with Crippen LogP contribution >= 0.6 is 11.6 Å². The van der Waals surface area contributed by atoms with Crippen LogP contribution in [-0.2, 0) is 0 Å². The molecule has 0 heterocycles. The van der Waals surface area contributed by atoms with Gasteiger partial charge in [-0.3, -0.25) is 4.79 Å². The summed E-state index contributed by atoms with van der Waals surface area (Å²) in [6.45, 7) is -0.173. The van der Waals surface area contributed by atoms with E-state index < -0.39 is 5.82 Å². The van der Waals surface area contributed by atoms with Gasteiger partial charge in [-0.2, -0.15) is 0 Å². The van der Waals surface area contributed by atoms with Crippen LogP contribution in [0.3, 0.4) is 0 Å². The molecule has 0 aliphatic carbocycles. The summed E-state index contributed by atoms with van der Waals surface area (Å²) in [6.07, 6.45) is 0. The van der Waals surface area contributed by atoms with Gasteiger partial charge in [0.15, 0.2) is 6.61 Å². The maximum atomic E-state index is 12.9. The van der Waals surface area contributed by atoms with E-state index >= 15 is 0 Å². The van der Waals surface area contributed by atoms with E-state index in [2.05, 4.69) is 0 Å². The molecule has 0 radical (unpaired) electrons. The predicted octanol–water partition coefficient (Wildman–Crippen LogP) is 3.74. The molecule has 0 saturated heterocycles. The third-order valence-electron chi connectivity index (χ3n) is 2.34. The number of hydrogen-bond acceptors (Lipinski definition) is 2. The van der Waals surface area contributed by atoms with Crippen LogP contribution in [0.15, 0.2) is 48.5 Å². The molecule has 0 bridgehead atoms. The van der Waals surface area contributed by atoms with Crippen LogP contribution in [-0.4, -0.2) is 12.4 Å². The molecule has 0 fully saturated rings. The van der Waals surface area contributed by atoms with Gasteiger partial charge in [-0.05, 0) is 24.3 Å². The van der Waals surface area contributed by atoms with E-state index in [1.165, 1.54) is 18.2 Å². The molecular formula is C14H10ClFO2.